The molecule has 0 aliphatic heterocycles. The molecule has 1 unspecified atom stereocenters. The van der Waals surface area contributed by atoms with Crippen LogP contribution in [0.3, 0.4) is 0 Å². The summed E-state index contributed by atoms with van der Waals surface area (Å²) >= 11 is 0. The second-order valence-electron chi connectivity index (χ2n) is 7.50. The molecule has 1 aromatic carbocycles. The van der Waals surface area contributed by atoms with Crippen LogP contribution in [0.15, 0.2) is 30.3 Å². The van der Waals surface area contributed by atoms with Crippen LogP contribution in [0.25, 0.3) is 5.57 Å². The zero-order valence-corrected chi connectivity index (χ0v) is 14.5. The highest BCUT2D eigenvalue weighted by Gasteiger charge is 2.28. The molecule has 1 aromatic rings. The fourth-order valence-electron chi connectivity index (χ4n) is 4.57. The van der Waals surface area contributed by atoms with Crippen molar-refractivity contribution < 1.29 is 0 Å². The average Bonchev–Trinajstić information content (AvgIpc) is 2.62. The van der Waals surface area contributed by atoms with Gasteiger partial charge in [-0.2, -0.15) is 0 Å². The summed E-state index contributed by atoms with van der Waals surface area (Å²) < 4.78 is 0. The molecule has 1 atom stereocenters. The molecular formula is C22H32. The second-order valence-corrected chi connectivity index (χ2v) is 7.50. The fourth-order valence-corrected chi connectivity index (χ4v) is 4.57. The van der Waals surface area contributed by atoms with Crippen LogP contribution in [0.2, 0.25) is 0 Å². The Bertz CT molecular complexity index is 485. The van der Waals surface area contributed by atoms with Crippen LogP contribution in [0.1, 0.15) is 76.3 Å². The van der Waals surface area contributed by atoms with Crippen molar-refractivity contribution in [3.05, 3.63) is 41.5 Å². The van der Waals surface area contributed by atoms with Gasteiger partial charge in [0.1, 0.15) is 0 Å². The van der Waals surface area contributed by atoms with Crippen molar-refractivity contribution in [1.82, 2.24) is 0 Å². The molecule has 0 radical (unpaired) electrons. The number of aryl methyl sites for hydroxylation is 1. The molecule has 0 saturated heterocycles. The van der Waals surface area contributed by atoms with Crippen LogP contribution in [0.5, 0.6) is 0 Å². The first-order chi connectivity index (χ1) is 10.8. The molecule has 0 aromatic heterocycles. The van der Waals surface area contributed by atoms with Crippen molar-refractivity contribution in [3.63, 3.8) is 0 Å². The van der Waals surface area contributed by atoms with E-state index in [2.05, 4.69) is 44.2 Å². The lowest BCUT2D eigenvalue weighted by molar-refractivity contribution is 0.192. The number of hydrogen-bond donors (Lipinski definition) is 0. The van der Waals surface area contributed by atoms with Gasteiger partial charge in [-0.15, -0.1) is 0 Å². The zero-order valence-electron chi connectivity index (χ0n) is 14.5. The summed E-state index contributed by atoms with van der Waals surface area (Å²) in [5.74, 6) is 3.02. The molecule has 0 N–H and O–H groups in total. The Balaban J connectivity index is 1.57. The molecule has 0 heteroatoms. The van der Waals surface area contributed by atoms with Gasteiger partial charge in [0.15, 0.2) is 0 Å². The van der Waals surface area contributed by atoms with Crippen molar-refractivity contribution in [3.8, 4) is 0 Å². The number of hydrogen-bond acceptors (Lipinski definition) is 0. The SMILES string of the molecule is CCc1ccc(C2=CCC(C3CCC(CC)CC3)CC2)cc1. The molecule has 0 spiro atoms. The van der Waals surface area contributed by atoms with Gasteiger partial charge in [-0.05, 0) is 73.0 Å². The Kier molecular flexibility index (Phi) is 5.39. The third kappa shape index (κ3) is 3.65. The molecule has 2 aliphatic carbocycles. The van der Waals surface area contributed by atoms with Crippen molar-refractivity contribution >= 4 is 5.57 Å². The Labute approximate surface area is 137 Å². The lowest BCUT2D eigenvalue weighted by Gasteiger charge is -2.35. The maximum atomic E-state index is 2.56. The third-order valence-corrected chi connectivity index (χ3v) is 6.32. The summed E-state index contributed by atoms with van der Waals surface area (Å²) in [6, 6.07) is 9.26. The highest BCUT2D eigenvalue weighted by Crippen LogP contribution is 2.41. The monoisotopic (exact) mass is 296 g/mol. The van der Waals surface area contributed by atoms with Gasteiger partial charge < -0.3 is 0 Å². The molecule has 22 heavy (non-hydrogen) atoms. The topological polar surface area (TPSA) is 0 Å². The van der Waals surface area contributed by atoms with Crippen molar-refractivity contribution in [1.29, 1.82) is 0 Å². The quantitative estimate of drug-likeness (QED) is 0.583. The summed E-state index contributed by atoms with van der Waals surface area (Å²) in [4.78, 5) is 0. The van der Waals surface area contributed by atoms with E-state index >= 15 is 0 Å². The van der Waals surface area contributed by atoms with E-state index in [0.29, 0.717) is 0 Å². The van der Waals surface area contributed by atoms with Crippen LogP contribution in [0, 0.1) is 17.8 Å². The van der Waals surface area contributed by atoms with E-state index in [1.165, 1.54) is 62.5 Å². The second kappa shape index (κ2) is 7.49. The number of rotatable bonds is 4. The molecule has 0 amide bonds. The predicted octanol–water partition coefficient (Wildman–Crippen LogP) is 6.65. The summed E-state index contributed by atoms with van der Waals surface area (Å²) in [6.07, 6.45) is 15.1. The van der Waals surface area contributed by atoms with Gasteiger partial charge in [0, 0.05) is 0 Å². The Morgan fingerprint density at radius 1 is 0.864 bits per heavy atom. The standard InChI is InChI=1S/C22H32/c1-3-17-5-9-19(10-6-17)21-13-15-22(16-14-21)20-11-7-18(4-2)8-12-20/h5-6,9-10,13,18,20,22H,3-4,7-8,11-12,14-16H2,1-2H3. The lowest BCUT2D eigenvalue weighted by atomic mass is 9.70. The van der Waals surface area contributed by atoms with Crippen LogP contribution >= 0.6 is 0 Å². The molecule has 2 aliphatic rings. The van der Waals surface area contributed by atoms with Gasteiger partial charge in [-0.25, -0.2) is 0 Å². The Morgan fingerprint density at radius 3 is 2.14 bits per heavy atom. The van der Waals surface area contributed by atoms with Crippen LogP contribution in [0.4, 0.5) is 0 Å². The van der Waals surface area contributed by atoms with E-state index in [9.17, 15) is 0 Å². The normalized spacial score (nSPS) is 29.2. The van der Waals surface area contributed by atoms with Crippen molar-refractivity contribution in [2.24, 2.45) is 17.8 Å². The van der Waals surface area contributed by atoms with Gasteiger partial charge in [0.05, 0.1) is 0 Å². The maximum Gasteiger partial charge on any atom is -0.0228 e. The predicted molar refractivity (Wildman–Crippen MR) is 96.9 cm³/mol. The van der Waals surface area contributed by atoms with Gasteiger partial charge in [0.25, 0.3) is 0 Å². The molecule has 0 bridgehead atoms. The smallest absolute Gasteiger partial charge is 0.0228 e. The molecule has 3 rings (SSSR count). The first-order valence-corrected chi connectivity index (χ1v) is 9.58. The minimum Gasteiger partial charge on any atom is -0.0804 e. The van der Waals surface area contributed by atoms with E-state index in [1.807, 2.05) is 0 Å². The van der Waals surface area contributed by atoms with Crippen LogP contribution in [-0.2, 0) is 6.42 Å². The van der Waals surface area contributed by atoms with Gasteiger partial charge in [-0.1, -0.05) is 63.5 Å². The maximum absolute atomic E-state index is 2.56. The molecule has 120 valence electrons. The highest BCUT2D eigenvalue weighted by atomic mass is 14.3. The fraction of sp³-hybridized carbons (Fsp3) is 0.636. The molecule has 1 saturated carbocycles. The summed E-state index contributed by atoms with van der Waals surface area (Å²) in [6.45, 7) is 4.59. The van der Waals surface area contributed by atoms with Gasteiger partial charge in [0.2, 0.25) is 0 Å². The third-order valence-electron chi connectivity index (χ3n) is 6.32. The van der Waals surface area contributed by atoms with E-state index < -0.39 is 0 Å². The molecule has 0 nitrogen and oxygen atoms in total. The van der Waals surface area contributed by atoms with Crippen molar-refractivity contribution in [2.75, 3.05) is 0 Å². The van der Waals surface area contributed by atoms with E-state index in [-0.39, 0.29) is 0 Å². The Morgan fingerprint density at radius 2 is 1.59 bits per heavy atom. The lowest BCUT2D eigenvalue weighted by Crippen LogP contribution is -2.22. The van der Waals surface area contributed by atoms with Gasteiger partial charge >= 0.3 is 0 Å². The van der Waals surface area contributed by atoms with E-state index in [0.717, 1.165) is 24.2 Å². The van der Waals surface area contributed by atoms with E-state index in [1.54, 1.807) is 5.57 Å². The number of benzene rings is 1. The summed E-state index contributed by atoms with van der Waals surface area (Å²) in [5.41, 5.74) is 4.51. The largest absolute Gasteiger partial charge is 0.0804 e. The minimum atomic E-state index is 0.969. The Hall–Kier alpha value is -1.04. The minimum absolute atomic E-state index is 0.969. The number of allylic oxidation sites excluding steroid dienone is 2. The molecular weight excluding hydrogens is 264 g/mol. The average molecular weight is 296 g/mol. The first-order valence-electron chi connectivity index (χ1n) is 9.58. The molecule has 1 fully saturated rings. The summed E-state index contributed by atoms with van der Waals surface area (Å²) in [7, 11) is 0. The van der Waals surface area contributed by atoms with Crippen LogP contribution < -0.4 is 0 Å². The first kappa shape index (κ1) is 15.8. The zero-order chi connectivity index (χ0) is 15.4. The van der Waals surface area contributed by atoms with Crippen molar-refractivity contribution in [2.45, 2.75) is 71.6 Å². The molecule has 0 heterocycles. The van der Waals surface area contributed by atoms with Crippen LogP contribution in [-0.4, -0.2) is 0 Å². The van der Waals surface area contributed by atoms with E-state index in [4.69, 9.17) is 0 Å². The summed E-state index contributed by atoms with van der Waals surface area (Å²) in [5, 5.41) is 0. The highest BCUT2D eigenvalue weighted by molar-refractivity contribution is 5.66. The van der Waals surface area contributed by atoms with Gasteiger partial charge in [-0.3, -0.25) is 0 Å².